The number of aromatic nitrogens is 2. The van der Waals surface area contributed by atoms with Gasteiger partial charge in [-0.3, -0.25) is 14.4 Å². The number of morpholine rings is 1. The lowest BCUT2D eigenvalue weighted by atomic mass is 10.2. The van der Waals surface area contributed by atoms with Crippen LogP contribution in [-0.4, -0.2) is 59.5 Å². The van der Waals surface area contributed by atoms with Crippen LogP contribution in [0.3, 0.4) is 0 Å². The number of carbonyl (C=O) groups excluding carboxylic acids is 1. The van der Waals surface area contributed by atoms with Gasteiger partial charge in [-0.1, -0.05) is 29.8 Å². The topological polar surface area (TPSA) is 59.4 Å². The Morgan fingerprint density at radius 3 is 2.88 bits per heavy atom. The minimum atomic E-state index is -0.106. The Kier molecular flexibility index (Phi) is 6.07. The summed E-state index contributed by atoms with van der Waals surface area (Å²) in [5, 5.41) is 7.94. The quantitative estimate of drug-likeness (QED) is 0.854. The van der Waals surface area contributed by atoms with E-state index in [0.717, 1.165) is 31.9 Å². The van der Waals surface area contributed by atoms with Gasteiger partial charge >= 0.3 is 0 Å². The Morgan fingerprint density at radius 2 is 2.12 bits per heavy atom. The van der Waals surface area contributed by atoms with Gasteiger partial charge in [0.15, 0.2) is 0 Å². The molecule has 0 saturated carbocycles. The van der Waals surface area contributed by atoms with Crippen molar-refractivity contribution < 1.29 is 9.53 Å². The molecule has 1 aromatic heterocycles. The molecule has 3 rings (SSSR count). The third-order valence-corrected chi connectivity index (χ3v) is 4.78. The number of halogens is 1. The monoisotopic (exact) mass is 362 g/mol. The van der Waals surface area contributed by atoms with Crippen molar-refractivity contribution in [2.45, 2.75) is 19.5 Å². The fourth-order valence-electron chi connectivity index (χ4n) is 2.86. The molecule has 1 aromatic carbocycles. The second-order valence-electron chi connectivity index (χ2n) is 6.23. The molecular formula is C18H23ClN4O2. The first kappa shape index (κ1) is 17.9. The molecule has 134 valence electrons. The summed E-state index contributed by atoms with van der Waals surface area (Å²) in [5.74, 6) is -0.106. The number of ether oxygens (including phenoxy) is 1. The van der Waals surface area contributed by atoms with Gasteiger partial charge in [-0.25, -0.2) is 0 Å². The number of carbonyl (C=O) groups is 1. The molecule has 0 bridgehead atoms. The van der Waals surface area contributed by atoms with E-state index in [1.165, 1.54) is 0 Å². The molecule has 0 spiro atoms. The minimum absolute atomic E-state index is 0.106. The van der Waals surface area contributed by atoms with Crippen molar-refractivity contribution >= 4 is 17.5 Å². The van der Waals surface area contributed by atoms with Crippen LogP contribution in [0.1, 0.15) is 22.8 Å². The second-order valence-corrected chi connectivity index (χ2v) is 6.63. The van der Waals surface area contributed by atoms with Crippen molar-refractivity contribution in [3.63, 3.8) is 0 Å². The van der Waals surface area contributed by atoms with E-state index in [4.69, 9.17) is 16.3 Å². The molecule has 2 heterocycles. The molecule has 7 heteroatoms. The van der Waals surface area contributed by atoms with Crippen molar-refractivity contribution in [2.75, 3.05) is 32.8 Å². The van der Waals surface area contributed by atoms with E-state index < -0.39 is 0 Å². The molecule has 1 aliphatic rings. The summed E-state index contributed by atoms with van der Waals surface area (Å²) in [6.45, 7) is 6.60. The van der Waals surface area contributed by atoms with Crippen molar-refractivity contribution in [3.8, 4) is 0 Å². The van der Waals surface area contributed by atoms with Crippen LogP contribution >= 0.6 is 11.6 Å². The van der Waals surface area contributed by atoms with E-state index in [1.807, 2.05) is 24.3 Å². The molecule has 1 fully saturated rings. The van der Waals surface area contributed by atoms with E-state index in [1.54, 1.807) is 17.1 Å². The lowest BCUT2D eigenvalue weighted by Crippen LogP contribution is -2.47. The highest BCUT2D eigenvalue weighted by molar-refractivity contribution is 6.31. The van der Waals surface area contributed by atoms with Crippen molar-refractivity contribution in [2.24, 2.45) is 0 Å². The van der Waals surface area contributed by atoms with Gasteiger partial charge in [0.1, 0.15) is 0 Å². The predicted molar refractivity (Wildman–Crippen MR) is 97.0 cm³/mol. The Labute approximate surface area is 152 Å². The summed E-state index contributed by atoms with van der Waals surface area (Å²) < 4.78 is 7.08. The van der Waals surface area contributed by atoms with Crippen LogP contribution in [0.2, 0.25) is 5.02 Å². The highest BCUT2D eigenvalue weighted by atomic mass is 35.5. The maximum Gasteiger partial charge on any atom is 0.254 e. The zero-order valence-corrected chi connectivity index (χ0v) is 15.1. The fourth-order valence-corrected chi connectivity index (χ4v) is 3.05. The molecule has 1 saturated heterocycles. The molecule has 1 amide bonds. The summed E-state index contributed by atoms with van der Waals surface area (Å²) >= 11 is 6.17. The van der Waals surface area contributed by atoms with E-state index in [9.17, 15) is 4.79 Å². The minimum Gasteiger partial charge on any atom is -0.379 e. The second kappa shape index (κ2) is 8.47. The number of rotatable bonds is 6. The van der Waals surface area contributed by atoms with Crippen LogP contribution in [0, 0.1) is 0 Å². The van der Waals surface area contributed by atoms with Crippen LogP contribution in [0.4, 0.5) is 0 Å². The van der Waals surface area contributed by atoms with Gasteiger partial charge in [-0.15, -0.1) is 0 Å². The standard InChI is InChI=1S/C18H23ClN4O2/c1-14(22-6-8-25-9-7-22)10-20-18(24)16-11-21-23(13-16)12-15-4-2-3-5-17(15)19/h2-5,11,13-14H,6-10,12H2,1H3,(H,20,24)/t14-/m0/s1. The lowest BCUT2D eigenvalue weighted by Gasteiger charge is -2.32. The van der Waals surface area contributed by atoms with Crippen LogP contribution in [0.25, 0.3) is 0 Å². The highest BCUT2D eigenvalue weighted by Gasteiger charge is 2.18. The molecule has 1 atom stereocenters. The normalized spacial score (nSPS) is 16.6. The van der Waals surface area contributed by atoms with Gasteiger partial charge in [0.25, 0.3) is 5.91 Å². The number of benzene rings is 1. The maximum absolute atomic E-state index is 12.3. The van der Waals surface area contributed by atoms with Gasteiger partial charge in [-0.05, 0) is 18.6 Å². The zero-order chi connectivity index (χ0) is 17.6. The third-order valence-electron chi connectivity index (χ3n) is 4.41. The molecule has 2 aromatic rings. The van der Waals surface area contributed by atoms with E-state index in [2.05, 4.69) is 22.2 Å². The first-order chi connectivity index (χ1) is 12.1. The van der Waals surface area contributed by atoms with Crippen LogP contribution in [0.15, 0.2) is 36.7 Å². The average molecular weight is 363 g/mol. The smallest absolute Gasteiger partial charge is 0.254 e. The Hall–Kier alpha value is -1.89. The van der Waals surface area contributed by atoms with Gasteiger partial charge in [-0.2, -0.15) is 5.10 Å². The van der Waals surface area contributed by atoms with Gasteiger partial charge in [0.05, 0.1) is 31.5 Å². The lowest BCUT2D eigenvalue weighted by molar-refractivity contribution is 0.0204. The molecule has 0 aliphatic carbocycles. The van der Waals surface area contributed by atoms with E-state index >= 15 is 0 Å². The summed E-state index contributed by atoms with van der Waals surface area (Å²) in [7, 11) is 0. The predicted octanol–water partition coefficient (Wildman–Crippen LogP) is 2.04. The highest BCUT2D eigenvalue weighted by Crippen LogP contribution is 2.16. The SMILES string of the molecule is C[C@@H](CNC(=O)c1cnn(Cc2ccccc2Cl)c1)N1CCOCC1. The maximum atomic E-state index is 12.3. The Bertz CT molecular complexity index is 713. The van der Waals surface area contributed by atoms with Gasteiger partial charge in [0, 0.05) is 36.9 Å². The number of amides is 1. The van der Waals surface area contributed by atoms with E-state index in [0.29, 0.717) is 23.7 Å². The van der Waals surface area contributed by atoms with Gasteiger partial charge in [0.2, 0.25) is 0 Å². The summed E-state index contributed by atoms with van der Waals surface area (Å²) in [6.07, 6.45) is 3.34. The van der Waals surface area contributed by atoms with Crippen LogP contribution in [-0.2, 0) is 11.3 Å². The molecule has 6 nitrogen and oxygen atoms in total. The van der Waals surface area contributed by atoms with E-state index in [-0.39, 0.29) is 11.9 Å². The molecular weight excluding hydrogens is 340 g/mol. The fraction of sp³-hybridized carbons (Fsp3) is 0.444. The van der Waals surface area contributed by atoms with Crippen LogP contribution in [0.5, 0.6) is 0 Å². The first-order valence-corrected chi connectivity index (χ1v) is 8.87. The molecule has 25 heavy (non-hydrogen) atoms. The molecule has 1 N–H and O–H groups in total. The number of nitrogens with zero attached hydrogens (tertiary/aromatic N) is 3. The average Bonchev–Trinajstić information content (AvgIpc) is 3.11. The van der Waals surface area contributed by atoms with Crippen molar-refractivity contribution in [1.82, 2.24) is 20.0 Å². The molecule has 0 radical (unpaired) electrons. The summed E-state index contributed by atoms with van der Waals surface area (Å²) in [5.41, 5.74) is 1.53. The van der Waals surface area contributed by atoms with Gasteiger partial charge < -0.3 is 10.1 Å². The van der Waals surface area contributed by atoms with Crippen molar-refractivity contribution in [1.29, 1.82) is 0 Å². The zero-order valence-electron chi connectivity index (χ0n) is 14.3. The third kappa shape index (κ3) is 4.81. The molecule has 0 unspecified atom stereocenters. The van der Waals surface area contributed by atoms with Crippen LogP contribution < -0.4 is 5.32 Å². The molecule has 1 aliphatic heterocycles. The number of hydrogen-bond donors (Lipinski definition) is 1. The Morgan fingerprint density at radius 1 is 1.36 bits per heavy atom. The first-order valence-electron chi connectivity index (χ1n) is 8.49. The largest absolute Gasteiger partial charge is 0.379 e. The van der Waals surface area contributed by atoms with Crippen molar-refractivity contribution in [3.05, 3.63) is 52.8 Å². The summed E-state index contributed by atoms with van der Waals surface area (Å²) in [6, 6.07) is 7.91. The Balaban J connectivity index is 1.53. The number of nitrogens with one attached hydrogen (secondary N) is 1. The summed E-state index contributed by atoms with van der Waals surface area (Å²) in [4.78, 5) is 14.7. The number of hydrogen-bond acceptors (Lipinski definition) is 4.